The highest BCUT2D eigenvalue weighted by molar-refractivity contribution is 6.42. The molecule has 0 unspecified atom stereocenters. The fourth-order valence-corrected chi connectivity index (χ4v) is 2.11. The van der Waals surface area contributed by atoms with Gasteiger partial charge in [-0.2, -0.15) is 0 Å². The Morgan fingerprint density at radius 3 is 2.44 bits per heavy atom. The van der Waals surface area contributed by atoms with Gasteiger partial charge in [0.05, 0.1) is 27.4 Å². The number of aromatic nitrogens is 2. The van der Waals surface area contributed by atoms with E-state index in [1.165, 1.54) is 0 Å². The Morgan fingerprint density at radius 1 is 1.11 bits per heavy atom. The van der Waals surface area contributed by atoms with E-state index in [-0.39, 0.29) is 17.9 Å². The van der Waals surface area contributed by atoms with Crippen LogP contribution in [-0.4, -0.2) is 20.9 Å². The minimum Gasteiger partial charge on any atom is -0.412 e. The van der Waals surface area contributed by atoms with Gasteiger partial charge in [-0.25, -0.2) is 4.98 Å². The number of unbranched alkanes of at least 4 members (excludes halogenated alkanes) is 1. The lowest BCUT2D eigenvalue weighted by atomic mass is 10.3. The number of hydrogen-bond acceptors (Lipinski definition) is 1. The van der Waals surface area contributed by atoms with Gasteiger partial charge in [-0.05, 0) is 25.0 Å². The molecule has 0 radical (unpaired) electrons. The van der Waals surface area contributed by atoms with Crippen LogP contribution >= 0.6 is 47.2 Å². The smallest absolute Gasteiger partial charge is 0.0958 e. The van der Waals surface area contributed by atoms with Crippen LogP contribution < -0.4 is 0 Å². The second kappa shape index (κ2) is 8.08. The predicted octanol–water partition coefficient (Wildman–Crippen LogP) is 3.96. The van der Waals surface area contributed by atoms with Crippen molar-refractivity contribution in [2.45, 2.75) is 19.4 Å². The van der Waals surface area contributed by atoms with E-state index in [4.69, 9.17) is 34.8 Å². The van der Waals surface area contributed by atoms with Crippen LogP contribution in [0.2, 0.25) is 10.0 Å². The van der Waals surface area contributed by atoms with Gasteiger partial charge in [-0.1, -0.05) is 23.2 Å². The monoisotopic (exact) mass is 330 g/mol. The highest BCUT2D eigenvalue weighted by atomic mass is 35.5. The maximum Gasteiger partial charge on any atom is 0.0958 e. The van der Waals surface area contributed by atoms with E-state index >= 15 is 0 Å². The Hall–Kier alpha value is -0.190. The maximum absolute atomic E-state index is 5.98. The zero-order chi connectivity index (χ0) is 11.5. The van der Waals surface area contributed by atoms with Gasteiger partial charge in [0.15, 0.2) is 0 Å². The number of rotatable bonds is 4. The third-order valence-electron chi connectivity index (χ3n) is 2.45. The number of imidazole rings is 1. The molecule has 0 fully saturated rings. The predicted molar refractivity (Wildman–Crippen MR) is 80.6 cm³/mol. The highest BCUT2D eigenvalue weighted by Crippen LogP contribution is 2.27. The molecule has 2 aromatic rings. The molecule has 7 heteroatoms. The molecule has 0 saturated carbocycles. The molecule has 0 saturated heterocycles. The Kier molecular flexibility index (Phi) is 7.99. The van der Waals surface area contributed by atoms with Crippen molar-refractivity contribution >= 4 is 58.2 Å². The fourth-order valence-electron chi connectivity index (χ4n) is 1.61. The van der Waals surface area contributed by atoms with E-state index in [9.17, 15) is 0 Å². The second-order valence-corrected chi connectivity index (χ2v) is 4.78. The average molecular weight is 332 g/mol. The third kappa shape index (κ3) is 3.90. The van der Waals surface area contributed by atoms with Crippen LogP contribution in [-0.2, 0) is 6.54 Å². The van der Waals surface area contributed by atoms with E-state index in [0.29, 0.717) is 15.9 Å². The molecule has 1 aromatic carbocycles. The topological polar surface area (TPSA) is 49.3 Å². The summed E-state index contributed by atoms with van der Waals surface area (Å²) in [5.74, 6) is 0.694. The van der Waals surface area contributed by atoms with Gasteiger partial charge in [0.2, 0.25) is 0 Å². The van der Waals surface area contributed by atoms with Crippen LogP contribution in [0.3, 0.4) is 0 Å². The summed E-state index contributed by atoms with van der Waals surface area (Å²) >= 11 is 17.6. The molecule has 3 nitrogen and oxygen atoms in total. The van der Waals surface area contributed by atoms with Crippen molar-refractivity contribution in [1.82, 2.24) is 9.55 Å². The minimum absolute atomic E-state index is 0. The van der Waals surface area contributed by atoms with Gasteiger partial charge in [0.25, 0.3) is 0 Å². The van der Waals surface area contributed by atoms with Crippen LogP contribution in [0.4, 0.5) is 0 Å². The Bertz CT molecular complexity index is 501. The van der Waals surface area contributed by atoms with Gasteiger partial charge in [0, 0.05) is 12.4 Å². The lowest BCUT2D eigenvalue weighted by molar-refractivity contribution is 0.648. The van der Waals surface area contributed by atoms with Gasteiger partial charge < -0.3 is 10.0 Å². The van der Waals surface area contributed by atoms with Gasteiger partial charge >= 0.3 is 0 Å². The molecular formula is C11H14Cl4N2O. The molecule has 0 aliphatic carbocycles. The molecule has 18 heavy (non-hydrogen) atoms. The molecule has 0 spiro atoms. The van der Waals surface area contributed by atoms with E-state index < -0.39 is 0 Å². The Morgan fingerprint density at radius 2 is 1.78 bits per heavy atom. The van der Waals surface area contributed by atoms with E-state index in [1.807, 2.05) is 12.4 Å². The number of nitrogens with zero attached hydrogens (tertiary/aromatic N) is 2. The van der Waals surface area contributed by atoms with Crippen molar-refractivity contribution in [3.8, 4) is 0 Å². The van der Waals surface area contributed by atoms with Gasteiger partial charge in [-0.15, -0.1) is 24.0 Å². The van der Waals surface area contributed by atoms with Crippen LogP contribution in [0.15, 0.2) is 18.5 Å². The van der Waals surface area contributed by atoms with Crippen LogP contribution in [0.5, 0.6) is 0 Å². The van der Waals surface area contributed by atoms with Crippen molar-refractivity contribution in [1.29, 1.82) is 0 Å². The first kappa shape index (κ1) is 17.8. The standard InChI is InChI=1S/C11H11Cl3N2.ClH.H2O/c12-3-1-2-4-16-7-15-10-5-8(13)9(14)6-11(10)16;;/h5-7H,1-4H2;1H;1H2. The Balaban J connectivity index is 0.00000144. The summed E-state index contributed by atoms with van der Waals surface area (Å²) in [6, 6.07) is 3.64. The zero-order valence-electron chi connectivity index (χ0n) is 9.50. The Labute approximate surface area is 127 Å². The minimum atomic E-state index is 0. The van der Waals surface area contributed by atoms with Gasteiger partial charge in [-0.3, -0.25) is 0 Å². The number of alkyl halides is 1. The molecule has 1 aromatic heterocycles. The summed E-state index contributed by atoms with van der Waals surface area (Å²) in [4.78, 5) is 4.29. The van der Waals surface area contributed by atoms with Crippen molar-refractivity contribution in [2.24, 2.45) is 0 Å². The summed E-state index contributed by atoms with van der Waals surface area (Å²) in [5.41, 5.74) is 1.89. The molecule has 0 amide bonds. The number of fused-ring (bicyclic) bond motifs is 1. The van der Waals surface area contributed by atoms with Crippen LogP contribution in [0.1, 0.15) is 12.8 Å². The van der Waals surface area contributed by atoms with E-state index in [1.54, 1.807) is 6.07 Å². The fraction of sp³-hybridized carbons (Fsp3) is 0.364. The molecular weight excluding hydrogens is 318 g/mol. The zero-order valence-corrected chi connectivity index (χ0v) is 12.6. The first-order chi connectivity index (χ1) is 7.72. The quantitative estimate of drug-likeness (QED) is 0.618. The summed E-state index contributed by atoms with van der Waals surface area (Å²) in [5, 5.41) is 1.11. The van der Waals surface area contributed by atoms with Crippen LogP contribution in [0.25, 0.3) is 11.0 Å². The first-order valence-corrected chi connectivity index (χ1v) is 6.37. The largest absolute Gasteiger partial charge is 0.412 e. The van der Waals surface area contributed by atoms with Crippen LogP contribution in [0, 0.1) is 0 Å². The van der Waals surface area contributed by atoms with E-state index in [0.717, 1.165) is 30.4 Å². The number of hydrogen-bond donors (Lipinski definition) is 0. The second-order valence-electron chi connectivity index (χ2n) is 3.59. The van der Waals surface area contributed by atoms with E-state index in [2.05, 4.69) is 9.55 Å². The molecule has 2 N–H and O–H groups in total. The summed E-state index contributed by atoms with van der Waals surface area (Å²) < 4.78 is 2.07. The molecule has 1 heterocycles. The van der Waals surface area contributed by atoms with Gasteiger partial charge in [0.1, 0.15) is 0 Å². The molecule has 102 valence electrons. The summed E-state index contributed by atoms with van der Waals surface area (Å²) in [6.07, 6.45) is 3.85. The summed E-state index contributed by atoms with van der Waals surface area (Å²) in [6.45, 7) is 0.904. The average Bonchev–Trinajstić information content (AvgIpc) is 2.63. The van der Waals surface area contributed by atoms with Crippen molar-refractivity contribution in [3.63, 3.8) is 0 Å². The molecule has 0 aliphatic rings. The highest BCUT2D eigenvalue weighted by Gasteiger charge is 2.06. The summed E-state index contributed by atoms with van der Waals surface area (Å²) in [7, 11) is 0. The lowest BCUT2D eigenvalue weighted by Gasteiger charge is -2.03. The van der Waals surface area contributed by atoms with Crippen molar-refractivity contribution in [3.05, 3.63) is 28.5 Å². The van der Waals surface area contributed by atoms with Crippen molar-refractivity contribution in [2.75, 3.05) is 5.88 Å². The maximum atomic E-state index is 5.98. The number of benzene rings is 1. The number of halogens is 4. The number of aryl methyl sites for hydroxylation is 1. The molecule has 0 atom stereocenters. The molecule has 0 aliphatic heterocycles. The lowest BCUT2D eigenvalue weighted by Crippen LogP contribution is -1.96. The molecule has 2 rings (SSSR count). The molecule has 0 bridgehead atoms. The third-order valence-corrected chi connectivity index (χ3v) is 3.44. The first-order valence-electron chi connectivity index (χ1n) is 5.08. The van der Waals surface area contributed by atoms with Crippen molar-refractivity contribution < 1.29 is 5.48 Å². The normalized spacial score (nSPS) is 9.94. The SMILES string of the molecule is Cl.ClCCCCn1cnc2cc(Cl)c(Cl)cc21.O.